The minimum Gasteiger partial charge on any atom is -0.379 e. The molecule has 4 heteroatoms. The Kier molecular flexibility index (Phi) is 4.12. The molecule has 0 aromatic rings. The minimum atomic E-state index is -0.239. The molecule has 90 valence electrons. The van der Waals surface area contributed by atoms with Gasteiger partial charge in [0.25, 0.3) is 0 Å². The maximum absolute atomic E-state index is 9.31. The topological polar surface area (TPSA) is 45.0 Å². The Morgan fingerprint density at radius 3 is 2.94 bits per heavy atom. The van der Waals surface area contributed by atoms with Gasteiger partial charge in [0.15, 0.2) is 0 Å². The molecule has 1 aliphatic carbocycles. The summed E-state index contributed by atoms with van der Waals surface area (Å²) in [4.78, 5) is 0. The van der Waals surface area contributed by atoms with Gasteiger partial charge < -0.3 is 10.1 Å². The summed E-state index contributed by atoms with van der Waals surface area (Å²) in [5.74, 6) is 1.71. The fourth-order valence-electron chi connectivity index (χ4n) is 2.69. The molecule has 0 amide bonds. The Labute approximate surface area is 102 Å². The zero-order valence-corrected chi connectivity index (χ0v) is 10.7. The average Bonchev–Trinajstić information content (AvgIpc) is 2.65. The Morgan fingerprint density at radius 2 is 2.38 bits per heavy atom. The summed E-state index contributed by atoms with van der Waals surface area (Å²) in [5.41, 5.74) is -0.239. The van der Waals surface area contributed by atoms with Crippen LogP contribution >= 0.6 is 11.8 Å². The second-order valence-corrected chi connectivity index (χ2v) is 6.15. The van der Waals surface area contributed by atoms with E-state index in [4.69, 9.17) is 4.74 Å². The number of ether oxygens (including phenoxy) is 1. The lowest BCUT2D eigenvalue weighted by atomic mass is 9.87. The number of nitrogens with zero attached hydrogens (tertiary/aromatic N) is 1. The van der Waals surface area contributed by atoms with Crippen LogP contribution in [0, 0.1) is 17.2 Å². The lowest BCUT2D eigenvalue weighted by Gasteiger charge is -2.30. The van der Waals surface area contributed by atoms with Crippen molar-refractivity contribution in [1.29, 1.82) is 5.26 Å². The molecule has 2 rings (SSSR count). The average molecular weight is 240 g/mol. The Bertz CT molecular complexity index is 275. The second kappa shape index (κ2) is 5.39. The number of nitrogens with one attached hydrogen (secondary N) is 1. The van der Waals surface area contributed by atoms with Crippen LogP contribution in [0.25, 0.3) is 0 Å². The normalized spacial score (nSPS) is 34.6. The summed E-state index contributed by atoms with van der Waals surface area (Å²) >= 11 is 2.01. The molecule has 0 aromatic carbocycles. The van der Waals surface area contributed by atoms with Gasteiger partial charge in [-0.2, -0.15) is 17.0 Å². The molecule has 2 unspecified atom stereocenters. The van der Waals surface area contributed by atoms with E-state index in [1.54, 1.807) is 0 Å². The summed E-state index contributed by atoms with van der Waals surface area (Å²) in [6.07, 6.45) is 4.57. The van der Waals surface area contributed by atoms with Crippen LogP contribution in [0.5, 0.6) is 0 Å². The van der Waals surface area contributed by atoms with Gasteiger partial charge in [0.05, 0.1) is 24.5 Å². The Hall–Kier alpha value is -0.240. The van der Waals surface area contributed by atoms with Gasteiger partial charge in [-0.3, -0.25) is 0 Å². The molecule has 0 aromatic heterocycles. The van der Waals surface area contributed by atoms with Gasteiger partial charge in [-0.05, 0) is 38.0 Å². The highest BCUT2D eigenvalue weighted by Crippen LogP contribution is 2.38. The molecular weight excluding hydrogens is 220 g/mol. The predicted molar refractivity (Wildman–Crippen MR) is 66.4 cm³/mol. The minimum absolute atomic E-state index is 0.239. The first-order valence-electron chi connectivity index (χ1n) is 6.10. The molecule has 1 saturated heterocycles. The first-order chi connectivity index (χ1) is 7.80. The van der Waals surface area contributed by atoms with Crippen LogP contribution in [0.15, 0.2) is 0 Å². The Balaban J connectivity index is 1.77. The maximum Gasteiger partial charge on any atom is 0.109 e. The highest BCUT2D eigenvalue weighted by atomic mass is 32.2. The number of hydrogen-bond acceptors (Lipinski definition) is 4. The molecule has 3 nitrogen and oxygen atoms in total. The molecular formula is C12H20N2OS. The van der Waals surface area contributed by atoms with Gasteiger partial charge in [0.2, 0.25) is 0 Å². The van der Waals surface area contributed by atoms with Crippen LogP contribution in [0.2, 0.25) is 0 Å². The van der Waals surface area contributed by atoms with Gasteiger partial charge in [-0.1, -0.05) is 6.42 Å². The van der Waals surface area contributed by atoms with E-state index in [9.17, 15) is 5.26 Å². The van der Waals surface area contributed by atoms with E-state index >= 15 is 0 Å². The van der Waals surface area contributed by atoms with Crippen LogP contribution in [-0.2, 0) is 4.74 Å². The molecule has 0 bridgehead atoms. The molecule has 1 N–H and O–H groups in total. The molecule has 2 aliphatic rings. The fraction of sp³-hybridized carbons (Fsp3) is 0.917. The van der Waals surface area contributed by atoms with E-state index in [0.29, 0.717) is 11.2 Å². The van der Waals surface area contributed by atoms with Crippen molar-refractivity contribution in [3.63, 3.8) is 0 Å². The molecule has 1 aliphatic heterocycles. The quantitative estimate of drug-likeness (QED) is 0.796. The van der Waals surface area contributed by atoms with Crippen molar-refractivity contribution < 1.29 is 4.74 Å². The summed E-state index contributed by atoms with van der Waals surface area (Å²) in [6, 6.07) is 2.50. The zero-order chi connectivity index (χ0) is 11.4. The van der Waals surface area contributed by atoms with E-state index in [1.165, 1.54) is 18.6 Å². The number of hydrogen-bond donors (Lipinski definition) is 1. The van der Waals surface area contributed by atoms with E-state index in [2.05, 4.69) is 11.4 Å². The van der Waals surface area contributed by atoms with Crippen LogP contribution in [0.4, 0.5) is 0 Å². The highest BCUT2D eigenvalue weighted by molar-refractivity contribution is 8.00. The van der Waals surface area contributed by atoms with E-state index in [0.717, 1.165) is 26.1 Å². The molecule has 1 heterocycles. The van der Waals surface area contributed by atoms with Gasteiger partial charge in [0.1, 0.15) is 5.54 Å². The summed E-state index contributed by atoms with van der Waals surface area (Å²) in [7, 11) is 1.93. The van der Waals surface area contributed by atoms with Gasteiger partial charge in [0, 0.05) is 0 Å². The molecule has 0 radical (unpaired) electrons. The third-order valence-electron chi connectivity index (χ3n) is 3.89. The summed E-state index contributed by atoms with van der Waals surface area (Å²) in [6.45, 7) is 1.84. The standard InChI is InChI=1S/C12H20N2OS/c1-14-12(9-13)5-2-3-10(12)4-6-16-11-7-15-8-11/h10-11,14H,2-8H2,1H3. The van der Waals surface area contributed by atoms with Crippen LogP contribution in [-0.4, -0.2) is 36.8 Å². The summed E-state index contributed by atoms with van der Waals surface area (Å²) < 4.78 is 5.16. The largest absolute Gasteiger partial charge is 0.379 e. The van der Waals surface area contributed by atoms with Crippen LogP contribution < -0.4 is 5.32 Å². The molecule has 2 atom stereocenters. The van der Waals surface area contributed by atoms with Crippen molar-refractivity contribution in [3.8, 4) is 6.07 Å². The number of thioether (sulfide) groups is 1. The first kappa shape index (κ1) is 12.2. The maximum atomic E-state index is 9.31. The van der Waals surface area contributed by atoms with Gasteiger partial charge in [-0.25, -0.2) is 0 Å². The predicted octanol–water partition coefficient (Wildman–Crippen LogP) is 1.79. The summed E-state index contributed by atoms with van der Waals surface area (Å²) in [5, 5.41) is 13.3. The van der Waals surface area contributed by atoms with Crippen LogP contribution in [0.3, 0.4) is 0 Å². The van der Waals surface area contributed by atoms with Crippen molar-refractivity contribution in [1.82, 2.24) is 5.32 Å². The first-order valence-corrected chi connectivity index (χ1v) is 7.15. The van der Waals surface area contributed by atoms with Crippen molar-refractivity contribution in [2.45, 2.75) is 36.5 Å². The van der Waals surface area contributed by atoms with E-state index in [-0.39, 0.29) is 5.54 Å². The van der Waals surface area contributed by atoms with Gasteiger partial charge >= 0.3 is 0 Å². The zero-order valence-electron chi connectivity index (χ0n) is 9.87. The van der Waals surface area contributed by atoms with Crippen molar-refractivity contribution in [3.05, 3.63) is 0 Å². The molecule has 16 heavy (non-hydrogen) atoms. The van der Waals surface area contributed by atoms with E-state index < -0.39 is 0 Å². The van der Waals surface area contributed by atoms with Gasteiger partial charge in [-0.15, -0.1) is 0 Å². The fourth-order valence-corrected chi connectivity index (χ4v) is 3.83. The Morgan fingerprint density at radius 1 is 1.56 bits per heavy atom. The van der Waals surface area contributed by atoms with Crippen molar-refractivity contribution >= 4 is 11.8 Å². The third-order valence-corrected chi connectivity index (χ3v) is 5.11. The van der Waals surface area contributed by atoms with E-state index in [1.807, 2.05) is 18.8 Å². The SMILES string of the molecule is CNC1(C#N)CCCC1CCSC1COC1. The highest BCUT2D eigenvalue weighted by Gasteiger charge is 2.41. The lowest BCUT2D eigenvalue weighted by molar-refractivity contribution is 0.0455. The lowest BCUT2D eigenvalue weighted by Crippen LogP contribution is -2.45. The second-order valence-electron chi connectivity index (χ2n) is 4.74. The molecule has 0 spiro atoms. The van der Waals surface area contributed by atoms with Crippen molar-refractivity contribution in [2.75, 3.05) is 26.0 Å². The molecule has 1 saturated carbocycles. The third kappa shape index (κ3) is 2.37. The number of nitriles is 1. The van der Waals surface area contributed by atoms with Crippen molar-refractivity contribution in [2.24, 2.45) is 5.92 Å². The monoisotopic (exact) mass is 240 g/mol. The van der Waals surface area contributed by atoms with Crippen LogP contribution in [0.1, 0.15) is 25.7 Å². The molecule has 2 fully saturated rings. The number of rotatable bonds is 5. The smallest absolute Gasteiger partial charge is 0.109 e.